The van der Waals surface area contributed by atoms with Crippen molar-refractivity contribution in [1.82, 2.24) is 5.32 Å². The van der Waals surface area contributed by atoms with E-state index in [1.54, 1.807) is 21.1 Å². The van der Waals surface area contributed by atoms with Crippen LogP contribution in [-0.2, 0) is 14.4 Å². The fourth-order valence-corrected chi connectivity index (χ4v) is 2.21. The van der Waals surface area contributed by atoms with Crippen LogP contribution in [0.4, 0.5) is 0 Å². The molecule has 6 heteroatoms. The van der Waals surface area contributed by atoms with E-state index in [0.717, 1.165) is 23.4 Å². The van der Waals surface area contributed by atoms with Crippen molar-refractivity contribution in [3.05, 3.63) is 29.8 Å². The molecule has 0 unspecified atom stereocenters. The number of methoxy groups -OCH3 is 2. The van der Waals surface area contributed by atoms with Gasteiger partial charge in [0.1, 0.15) is 5.75 Å². The lowest BCUT2D eigenvalue weighted by atomic mass is 9.95. The number of rotatable bonds is 7. The number of nitrogens with one attached hydrogen (secondary N) is 1. The van der Waals surface area contributed by atoms with Crippen LogP contribution in [0.5, 0.6) is 5.75 Å². The molecule has 0 bridgehead atoms. The predicted octanol–water partition coefficient (Wildman–Crippen LogP) is 1.73. The Hall–Kier alpha value is -2.08. The number of hydrogen-bond acceptors (Lipinski definition) is 5. The van der Waals surface area contributed by atoms with Crippen molar-refractivity contribution in [2.45, 2.75) is 25.4 Å². The van der Waals surface area contributed by atoms with E-state index >= 15 is 0 Å². The second kappa shape index (κ2) is 7.26. The smallest absolute Gasteiger partial charge is 0.267 e. The molecule has 1 amide bonds. The summed E-state index contributed by atoms with van der Waals surface area (Å²) in [5.41, 5.74) is 0.733. The minimum absolute atomic E-state index is 0.157. The second-order valence-corrected chi connectivity index (χ2v) is 5.37. The van der Waals surface area contributed by atoms with Crippen LogP contribution in [0.25, 0.3) is 0 Å². The summed E-state index contributed by atoms with van der Waals surface area (Å²) < 4.78 is 10.1. The number of benzene rings is 1. The predicted molar refractivity (Wildman–Crippen MR) is 83.1 cm³/mol. The monoisotopic (exact) mass is 306 g/mol. The molecule has 0 aromatic heterocycles. The third-order valence-electron chi connectivity index (χ3n) is 3.58. The summed E-state index contributed by atoms with van der Waals surface area (Å²) in [6.07, 6.45) is 1.21. The van der Waals surface area contributed by atoms with Gasteiger partial charge in [-0.1, -0.05) is 5.16 Å². The summed E-state index contributed by atoms with van der Waals surface area (Å²) in [6.45, 7) is 2.92. The number of oxime groups is 1. The third kappa shape index (κ3) is 3.76. The van der Waals surface area contributed by atoms with Gasteiger partial charge in [0.2, 0.25) is 5.60 Å². The van der Waals surface area contributed by atoms with Crippen LogP contribution in [0.15, 0.2) is 29.4 Å². The van der Waals surface area contributed by atoms with Gasteiger partial charge >= 0.3 is 0 Å². The minimum atomic E-state index is -0.956. The van der Waals surface area contributed by atoms with E-state index in [-0.39, 0.29) is 5.91 Å². The Morgan fingerprint density at radius 3 is 2.73 bits per heavy atom. The van der Waals surface area contributed by atoms with E-state index in [1.165, 1.54) is 0 Å². The van der Waals surface area contributed by atoms with Gasteiger partial charge in [0.05, 0.1) is 12.8 Å². The van der Waals surface area contributed by atoms with Gasteiger partial charge < -0.3 is 19.6 Å². The molecular formula is C16H22N2O4. The maximum absolute atomic E-state index is 12.2. The zero-order valence-electron chi connectivity index (χ0n) is 13.2. The Balaban J connectivity index is 1.92. The summed E-state index contributed by atoms with van der Waals surface area (Å²) in [4.78, 5) is 17.6. The molecule has 120 valence electrons. The van der Waals surface area contributed by atoms with Gasteiger partial charge in [-0.2, -0.15) is 0 Å². The number of hydrogen-bond donors (Lipinski definition) is 1. The van der Waals surface area contributed by atoms with Gasteiger partial charge in [0, 0.05) is 26.7 Å². The molecule has 0 spiro atoms. The van der Waals surface area contributed by atoms with Crippen molar-refractivity contribution < 1.29 is 19.1 Å². The number of carbonyl (C=O) groups is 1. The fraction of sp³-hybridized carbons (Fsp3) is 0.500. The van der Waals surface area contributed by atoms with Gasteiger partial charge in [0.15, 0.2) is 0 Å². The maximum Gasteiger partial charge on any atom is 0.267 e. The van der Waals surface area contributed by atoms with Crippen molar-refractivity contribution >= 4 is 11.6 Å². The number of carbonyl (C=O) groups excluding carboxylic acids is 1. The van der Waals surface area contributed by atoms with Crippen molar-refractivity contribution in [3.8, 4) is 5.75 Å². The first-order valence-electron chi connectivity index (χ1n) is 7.26. The van der Waals surface area contributed by atoms with E-state index < -0.39 is 5.60 Å². The fourth-order valence-electron chi connectivity index (χ4n) is 2.21. The van der Waals surface area contributed by atoms with Crippen molar-refractivity contribution in [1.29, 1.82) is 0 Å². The highest BCUT2D eigenvalue weighted by Crippen LogP contribution is 2.27. The van der Waals surface area contributed by atoms with Gasteiger partial charge in [-0.25, -0.2) is 0 Å². The van der Waals surface area contributed by atoms with Gasteiger partial charge in [-0.05, 0) is 43.2 Å². The molecule has 0 fully saturated rings. The van der Waals surface area contributed by atoms with Crippen molar-refractivity contribution in [2.24, 2.45) is 5.16 Å². The Kier molecular flexibility index (Phi) is 5.38. The highest BCUT2D eigenvalue weighted by Gasteiger charge is 2.41. The Bertz CT molecular complexity index is 542. The molecule has 0 radical (unpaired) electrons. The molecule has 1 aromatic rings. The van der Waals surface area contributed by atoms with E-state index in [4.69, 9.17) is 14.3 Å². The third-order valence-corrected chi connectivity index (χ3v) is 3.58. The van der Waals surface area contributed by atoms with Crippen LogP contribution in [-0.4, -0.2) is 44.6 Å². The van der Waals surface area contributed by atoms with Crippen LogP contribution in [0, 0.1) is 0 Å². The summed E-state index contributed by atoms with van der Waals surface area (Å²) in [5.74, 6) is 0.623. The summed E-state index contributed by atoms with van der Waals surface area (Å²) >= 11 is 0. The molecule has 1 N–H and O–H groups in total. The van der Waals surface area contributed by atoms with E-state index in [0.29, 0.717) is 19.6 Å². The zero-order valence-corrected chi connectivity index (χ0v) is 13.2. The molecule has 1 heterocycles. The number of amides is 1. The van der Waals surface area contributed by atoms with E-state index in [2.05, 4.69) is 10.5 Å². The van der Waals surface area contributed by atoms with Crippen molar-refractivity contribution in [2.75, 3.05) is 27.4 Å². The van der Waals surface area contributed by atoms with Gasteiger partial charge in [-0.15, -0.1) is 0 Å². The Morgan fingerprint density at radius 2 is 2.09 bits per heavy atom. The largest absolute Gasteiger partial charge is 0.497 e. The first kappa shape index (κ1) is 16.3. The summed E-state index contributed by atoms with van der Waals surface area (Å²) in [5, 5.41) is 6.92. The van der Waals surface area contributed by atoms with Crippen LogP contribution in [0.3, 0.4) is 0 Å². The molecule has 2 rings (SSSR count). The standard InChI is InChI=1S/C16H22N2O4/c1-16(15(19)17-9-4-10-20-2)11-14(18-22-16)12-5-7-13(21-3)8-6-12/h5-8H,4,9-11H2,1-3H3,(H,17,19)/t16-/m0/s1. The van der Waals surface area contributed by atoms with Crippen LogP contribution in [0.2, 0.25) is 0 Å². The van der Waals surface area contributed by atoms with E-state index in [1.807, 2.05) is 24.3 Å². The molecule has 1 aliphatic rings. The highest BCUT2D eigenvalue weighted by molar-refractivity contribution is 6.05. The Morgan fingerprint density at radius 1 is 1.36 bits per heavy atom. The average Bonchev–Trinajstić information content (AvgIpc) is 2.95. The quantitative estimate of drug-likeness (QED) is 0.779. The normalized spacial score (nSPS) is 20.2. The number of ether oxygens (including phenoxy) is 2. The topological polar surface area (TPSA) is 69.2 Å². The molecule has 22 heavy (non-hydrogen) atoms. The lowest BCUT2D eigenvalue weighted by Crippen LogP contribution is -2.45. The molecule has 0 aliphatic carbocycles. The average molecular weight is 306 g/mol. The number of nitrogens with zero attached hydrogens (tertiary/aromatic N) is 1. The molecule has 1 atom stereocenters. The second-order valence-electron chi connectivity index (χ2n) is 5.37. The van der Waals surface area contributed by atoms with E-state index in [9.17, 15) is 4.79 Å². The van der Waals surface area contributed by atoms with Gasteiger partial charge in [-0.3, -0.25) is 4.79 Å². The van der Waals surface area contributed by atoms with Crippen LogP contribution >= 0.6 is 0 Å². The maximum atomic E-state index is 12.2. The lowest BCUT2D eigenvalue weighted by Gasteiger charge is -2.20. The molecule has 0 saturated carbocycles. The molecule has 6 nitrogen and oxygen atoms in total. The molecular weight excluding hydrogens is 284 g/mol. The van der Waals surface area contributed by atoms with Crippen molar-refractivity contribution in [3.63, 3.8) is 0 Å². The zero-order chi connectivity index (χ0) is 16.0. The summed E-state index contributed by atoms with van der Waals surface area (Å²) in [7, 11) is 3.26. The first-order chi connectivity index (χ1) is 10.6. The minimum Gasteiger partial charge on any atom is -0.497 e. The highest BCUT2D eigenvalue weighted by atomic mass is 16.7. The van der Waals surface area contributed by atoms with Crippen LogP contribution < -0.4 is 10.1 Å². The Labute approximate surface area is 130 Å². The molecule has 1 aliphatic heterocycles. The summed E-state index contributed by atoms with van der Waals surface area (Å²) in [6, 6.07) is 7.53. The molecule has 0 saturated heterocycles. The molecule has 1 aromatic carbocycles. The first-order valence-corrected chi connectivity index (χ1v) is 7.26. The SMILES string of the molecule is COCCCNC(=O)[C@]1(C)CC(c2ccc(OC)cc2)=NO1. The lowest BCUT2D eigenvalue weighted by molar-refractivity contribution is -0.141. The van der Waals surface area contributed by atoms with Gasteiger partial charge in [0.25, 0.3) is 5.91 Å². The van der Waals surface area contributed by atoms with Crippen LogP contribution in [0.1, 0.15) is 25.3 Å².